The Morgan fingerprint density at radius 3 is 3.00 bits per heavy atom. The minimum absolute atomic E-state index is 0.000370. The van der Waals surface area contributed by atoms with E-state index in [9.17, 15) is 9.59 Å². The van der Waals surface area contributed by atoms with Gasteiger partial charge in [-0.05, 0) is 12.1 Å². The highest BCUT2D eigenvalue weighted by atomic mass is 16.2. The third-order valence-corrected chi connectivity index (χ3v) is 1.64. The first-order valence-corrected chi connectivity index (χ1v) is 3.80. The van der Waals surface area contributed by atoms with Crippen LogP contribution in [-0.2, 0) is 11.3 Å². The van der Waals surface area contributed by atoms with Crippen LogP contribution in [0.1, 0.15) is 0 Å². The van der Waals surface area contributed by atoms with Crippen molar-refractivity contribution in [2.45, 2.75) is 6.54 Å². The standard InChI is InChI=1S/C8H11N3O2/c1-10-7(12)5-11-4-2-3-6(9)8(11)13/h2-4H,5,9H2,1H3,(H,10,12). The maximum Gasteiger partial charge on any atom is 0.274 e. The third kappa shape index (κ3) is 2.08. The first-order valence-electron chi connectivity index (χ1n) is 3.80. The summed E-state index contributed by atoms with van der Waals surface area (Å²) < 4.78 is 1.26. The van der Waals surface area contributed by atoms with Crippen LogP contribution in [0.4, 0.5) is 5.69 Å². The van der Waals surface area contributed by atoms with Crippen molar-refractivity contribution in [3.63, 3.8) is 0 Å². The van der Waals surface area contributed by atoms with E-state index in [1.54, 1.807) is 6.07 Å². The van der Waals surface area contributed by atoms with Gasteiger partial charge in [-0.1, -0.05) is 0 Å². The van der Waals surface area contributed by atoms with E-state index in [4.69, 9.17) is 5.73 Å². The summed E-state index contributed by atoms with van der Waals surface area (Å²) in [5, 5.41) is 2.42. The van der Waals surface area contributed by atoms with Crippen LogP contribution < -0.4 is 16.6 Å². The van der Waals surface area contributed by atoms with Gasteiger partial charge in [-0.25, -0.2) is 0 Å². The summed E-state index contributed by atoms with van der Waals surface area (Å²) in [6, 6.07) is 3.13. The van der Waals surface area contributed by atoms with Crippen molar-refractivity contribution in [2.75, 3.05) is 12.8 Å². The number of amides is 1. The molecule has 0 fully saturated rings. The van der Waals surface area contributed by atoms with Crippen LogP contribution in [0.3, 0.4) is 0 Å². The number of nitrogens with zero attached hydrogens (tertiary/aromatic N) is 1. The molecule has 0 bridgehead atoms. The Morgan fingerprint density at radius 2 is 2.38 bits per heavy atom. The molecule has 1 aromatic heterocycles. The fourth-order valence-electron chi connectivity index (χ4n) is 0.914. The van der Waals surface area contributed by atoms with Crippen molar-refractivity contribution < 1.29 is 4.79 Å². The number of nitrogen functional groups attached to an aromatic ring is 1. The summed E-state index contributed by atoms with van der Waals surface area (Å²) in [7, 11) is 1.51. The van der Waals surface area contributed by atoms with Crippen LogP contribution in [0.2, 0.25) is 0 Å². The van der Waals surface area contributed by atoms with Gasteiger partial charge in [0, 0.05) is 13.2 Å². The van der Waals surface area contributed by atoms with Crippen LogP contribution in [0.25, 0.3) is 0 Å². The average Bonchev–Trinajstić information content (AvgIpc) is 2.13. The molecule has 1 heterocycles. The second-order valence-electron chi connectivity index (χ2n) is 2.57. The summed E-state index contributed by atoms with van der Waals surface area (Å²) in [5.41, 5.74) is 5.18. The number of anilines is 1. The zero-order chi connectivity index (χ0) is 9.84. The molecule has 1 amide bonds. The Labute approximate surface area is 75.2 Å². The smallest absolute Gasteiger partial charge is 0.274 e. The highest BCUT2D eigenvalue weighted by molar-refractivity contribution is 5.75. The summed E-state index contributed by atoms with van der Waals surface area (Å²) in [6.07, 6.45) is 1.52. The van der Waals surface area contributed by atoms with Crippen molar-refractivity contribution in [3.8, 4) is 0 Å². The number of hydrogen-bond acceptors (Lipinski definition) is 3. The Hall–Kier alpha value is -1.78. The summed E-state index contributed by atoms with van der Waals surface area (Å²) >= 11 is 0. The van der Waals surface area contributed by atoms with Gasteiger partial charge in [0.15, 0.2) is 0 Å². The molecule has 0 aliphatic rings. The van der Waals surface area contributed by atoms with E-state index in [0.29, 0.717) is 0 Å². The topological polar surface area (TPSA) is 77.1 Å². The van der Waals surface area contributed by atoms with Gasteiger partial charge in [0.1, 0.15) is 6.54 Å². The van der Waals surface area contributed by atoms with Gasteiger partial charge < -0.3 is 15.6 Å². The summed E-state index contributed by atoms with van der Waals surface area (Å²) in [5.74, 6) is -0.229. The van der Waals surface area contributed by atoms with Gasteiger partial charge in [0.25, 0.3) is 5.56 Å². The third-order valence-electron chi connectivity index (χ3n) is 1.64. The number of aromatic nitrogens is 1. The fourth-order valence-corrected chi connectivity index (χ4v) is 0.914. The van der Waals surface area contributed by atoms with Crippen molar-refractivity contribution in [1.82, 2.24) is 9.88 Å². The van der Waals surface area contributed by atoms with Crippen molar-refractivity contribution in [3.05, 3.63) is 28.7 Å². The van der Waals surface area contributed by atoms with E-state index in [0.717, 1.165) is 0 Å². The lowest BCUT2D eigenvalue weighted by Gasteiger charge is -2.04. The highest BCUT2D eigenvalue weighted by Gasteiger charge is 2.02. The molecule has 0 atom stereocenters. The Bertz CT molecular complexity index is 370. The van der Waals surface area contributed by atoms with Crippen LogP contribution >= 0.6 is 0 Å². The van der Waals surface area contributed by atoms with E-state index in [2.05, 4.69) is 5.32 Å². The molecular formula is C8H11N3O2. The van der Waals surface area contributed by atoms with E-state index in [-0.39, 0.29) is 23.7 Å². The number of hydrogen-bond donors (Lipinski definition) is 2. The molecule has 0 aromatic carbocycles. The predicted molar refractivity (Wildman–Crippen MR) is 49.2 cm³/mol. The van der Waals surface area contributed by atoms with Gasteiger partial charge in [-0.3, -0.25) is 9.59 Å². The van der Waals surface area contributed by atoms with Crippen LogP contribution in [-0.4, -0.2) is 17.5 Å². The normalized spacial score (nSPS) is 9.62. The molecular weight excluding hydrogens is 170 g/mol. The van der Waals surface area contributed by atoms with Gasteiger partial charge in [0.05, 0.1) is 5.69 Å². The highest BCUT2D eigenvalue weighted by Crippen LogP contribution is 1.91. The Kier molecular flexibility index (Phi) is 2.69. The first kappa shape index (κ1) is 9.31. The molecule has 5 nitrogen and oxygen atoms in total. The Morgan fingerprint density at radius 1 is 1.69 bits per heavy atom. The maximum absolute atomic E-state index is 11.3. The molecule has 0 aliphatic heterocycles. The monoisotopic (exact) mass is 181 g/mol. The summed E-state index contributed by atoms with van der Waals surface area (Å²) in [4.78, 5) is 22.2. The van der Waals surface area contributed by atoms with Gasteiger partial charge >= 0.3 is 0 Å². The van der Waals surface area contributed by atoms with E-state index >= 15 is 0 Å². The zero-order valence-corrected chi connectivity index (χ0v) is 7.28. The van der Waals surface area contributed by atoms with E-state index in [1.807, 2.05) is 0 Å². The lowest BCUT2D eigenvalue weighted by molar-refractivity contribution is -0.121. The second kappa shape index (κ2) is 3.75. The number of rotatable bonds is 2. The molecule has 1 aromatic rings. The van der Waals surface area contributed by atoms with Crippen LogP contribution in [0.5, 0.6) is 0 Å². The quantitative estimate of drug-likeness (QED) is 0.625. The maximum atomic E-state index is 11.3. The van der Waals surface area contributed by atoms with Gasteiger partial charge in [-0.2, -0.15) is 0 Å². The lowest BCUT2D eigenvalue weighted by atomic mass is 10.4. The first-order chi connectivity index (χ1) is 6.15. The number of nitrogens with one attached hydrogen (secondary N) is 1. The number of pyridine rings is 1. The van der Waals surface area contributed by atoms with Crippen molar-refractivity contribution in [1.29, 1.82) is 0 Å². The summed E-state index contributed by atoms with van der Waals surface area (Å²) in [6.45, 7) is 0.000370. The minimum atomic E-state index is -0.342. The Balaban J connectivity index is 2.96. The van der Waals surface area contributed by atoms with Crippen molar-refractivity contribution in [2.24, 2.45) is 0 Å². The number of carbonyl (C=O) groups is 1. The van der Waals surface area contributed by atoms with Gasteiger partial charge in [0.2, 0.25) is 5.91 Å². The molecule has 70 valence electrons. The average molecular weight is 181 g/mol. The van der Waals surface area contributed by atoms with Crippen LogP contribution in [0, 0.1) is 0 Å². The molecule has 0 spiro atoms. The van der Waals surface area contributed by atoms with Crippen LogP contribution in [0.15, 0.2) is 23.1 Å². The van der Waals surface area contributed by atoms with Crippen molar-refractivity contribution >= 4 is 11.6 Å². The minimum Gasteiger partial charge on any atom is -0.394 e. The molecule has 1 rings (SSSR count). The molecule has 5 heteroatoms. The predicted octanol–water partition coefficient (Wildman–Crippen LogP) is -0.824. The molecule has 0 radical (unpaired) electrons. The SMILES string of the molecule is CNC(=O)Cn1cccc(N)c1=O. The van der Waals surface area contributed by atoms with Gasteiger partial charge in [-0.15, -0.1) is 0 Å². The number of nitrogens with two attached hydrogens (primary N) is 1. The molecule has 0 unspecified atom stereocenters. The molecule has 13 heavy (non-hydrogen) atoms. The lowest BCUT2D eigenvalue weighted by Crippen LogP contribution is -2.30. The van der Waals surface area contributed by atoms with E-state index < -0.39 is 0 Å². The molecule has 0 saturated carbocycles. The molecule has 0 aliphatic carbocycles. The zero-order valence-electron chi connectivity index (χ0n) is 7.28. The van der Waals surface area contributed by atoms with E-state index in [1.165, 1.54) is 23.9 Å². The molecule has 3 N–H and O–H groups in total. The number of carbonyl (C=O) groups excluding carboxylic acids is 1. The molecule has 0 saturated heterocycles. The fraction of sp³-hybridized carbons (Fsp3) is 0.250. The largest absolute Gasteiger partial charge is 0.394 e. The second-order valence-corrected chi connectivity index (χ2v) is 2.57. The number of likely N-dealkylation sites (N-methyl/N-ethyl adjacent to an activating group) is 1.